The normalized spacial score (nSPS) is 14.4. The summed E-state index contributed by atoms with van der Waals surface area (Å²) in [5.41, 5.74) is 7.36. The van der Waals surface area contributed by atoms with Crippen LogP contribution in [0.2, 0.25) is 0 Å². The summed E-state index contributed by atoms with van der Waals surface area (Å²) in [7, 11) is 0. The van der Waals surface area contributed by atoms with Gasteiger partial charge in [0.05, 0.1) is 11.4 Å². The molecule has 0 saturated heterocycles. The molecule has 1 amide bonds. The Morgan fingerprint density at radius 1 is 1.47 bits per heavy atom. The first kappa shape index (κ1) is 12.2. The van der Waals surface area contributed by atoms with E-state index in [1.807, 2.05) is 18.2 Å². The summed E-state index contributed by atoms with van der Waals surface area (Å²) in [6.07, 6.45) is 2.72. The third-order valence-electron chi connectivity index (χ3n) is 2.63. The van der Waals surface area contributed by atoms with Gasteiger partial charge in [-0.1, -0.05) is 15.9 Å². The predicted molar refractivity (Wildman–Crippen MR) is 72.8 cm³/mol. The van der Waals surface area contributed by atoms with Crippen LogP contribution in [0.15, 0.2) is 22.7 Å². The lowest BCUT2D eigenvalue weighted by molar-refractivity contribution is -0.120. The van der Waals surface area contributed by atoms with Gasteiger partial charge in [-0.3, -0.25) is 4.79 Å². The fraction of sp³-hybridized carbons (Fsp3) is 0.417. The number of nitrogens with two attached hydrogens (primary N) is 1. The highest BCUT2D eigenvalue weighted by molar-refractivity contribution is 9.10. The van der Waals surface area contributed by atoms with Gasteiger partial charge in [0.15, 0.2) is 0 Å². The highest BCUT2D eigenvalue weighted by Gasteiger charge is 2.22. The van der Waals surface area contributed by atoms with Crippen LogP contribution in [-0.2, 0) is 4.79 Å². The van der Waals surface area contributed by atoms with Gasteiger partial charge in [-0.05, 0) is 31.0 Å². The molecule has 1 fully saturated rings. The number of amides is 1. The number of nitrogen functional groups attached to an aromatic ring is 1. The van der Waals surface area contributed by atoms with Crippen molar-refractivity contribution in [3.63, 3.8) is 0 Å². The number of hydrogen-bond acceptors (Lipinski definition) is 3. The molecule has 1 aromatic rings. The van der Waals surface area contributed by atoms with Crippen LogP contribution in [-0.4, -0.2) is 18.5 Å². The van der Waals surface area contributed by atoms with Crippen molar-refractivity contribution in [1.29, 1.82) is 0 Å². The van der Waals surface area contributed by atoms with Gasteiger partial charge in [0.2, 0.25) is 5.91 Å². The molecule has 0 spiro atoms. The molecule has 0 bridgehead atoms. The molecule has 17 heavy (non-hydrogen) atoms. The first-order chi connectivity index (χ1) is 8.15. The van der Waals surface area contributed by atoms with E-state index < -0.39 is 0 Å². The Morgan fingerprint density at radius 2 is 2.24 bits per heavy atom. The number of hydrogen-bond donors (Lipinski definition) is 3. The Bertz CT molecular complexity index is 418. The van der Waals surface area contributed by atoms with Crippen molar-refractivity contribution < 1.29 is 4.79 Å². The van der Waals surface area contributed by atoms with E-state index in [1.54, 1.807) is 0 Å². The molecule has 4 nitrogen and oxygen atoms in total. The molecule has 1 aliphatic carbocycles. The first-order valence-electron chi connectivity index (χ1n) is 5.73. The second-order valence-corrected chi connectivity index (χ2v) is 5.17. The molecular weight excluding hydrogens is 282 g/mol. The smallest absolute Gasteiger partial charge is 0.221 e. The van der Waals surface area contributed by atoms with E-state index in [2.05, 4.69) is 26.6 Å². The van der Waals surface area contributed by atoms with Gasteiger partial charge in [0, 0.05) is 23.5 Å². The Hall–Kier alpha value is -1.23. The van der Waals surface area contributed by atoms with Crippen LogP contribution in [0.25, 0.3) is 0 Å². The van der Waals surface area contributed by atoms with E-state index in [0.717, 1.165) is 23.0 Å². The molecule has 0 radical (unpaired) electrons. The fourth-order valence-corrected chi connectivity index (χ4v) is 1.88. The van der Waals surface area contributed by atoms with Crippen LogP contribution in [0, 0.1) is 0 Å². The highest BCUT2D eigenvalue weighted by Crippen LogP contribution is 2.23. The largest absolute Gasteiger partial charge is 0.397 e. The van der Waals surface area contributed by atoms with Gasteiger partial charge < -0.3 is 16.4 Å². The van der Waals surface area contributed by atoms with Crippen LogP contribution in [0.3, 0.4) is 0 Å². The van der Waals surface area contributed by atoms with Crippen LogP contribution in [0.5, 0.6) is 0 Å². The fourth-order valence-electron chi connectivity index (χ4n) is 1.52. The van der Waals surface area contributed by atoms with Crippen LogP contribution < -0.4 is 16.4 Å². The summed E-state index contributed by atoms with van der Waals surface area (Å²) >= 11 is 3.38. The second kappa shape index (κ2) is 5.40. The first-order valence-corrected chi connectivity index (χ1v) is 6.53. The highest BCUT2D eigenvalue weighted by atomic mass is 79.9. The Labute approximate surface area is 109 Å². The molecular formula is C12H16BrN3O. The summed E-state index contributed by atoms with van der Waals surface area (Å²) < 4.78 is 0.969. The van der Waals surface area contributed by atoms with E-state index in [4.69, 9.17) is 5.73 Å². The molecule has 0 aromatic heterocycles. The van der Waals surface area contributed by atoms with Crippen molar-refractivity contribution in [3.05, 3.63) is 22.7 Å². The SMILES string of the molecule is Nc1ccc(Br)cc1NCCC(=O)NC1CC1. The molecule has 0 heterocycles. The van der Waals surface area contributed by atoms with Crippen molar-refractivity contribution >= 4 is 33.2 Å². The molecule has 1 aromatic carbocycles. The maximum atomic E-state index is 11.4. The Kier molecular flexibility index (Phi) is 3.89. The minimum absolute atomic E-state index is 0.105. The molecule has 1 aliphatic rings. The topological polar surface area (TPSA) is 67.1 Å². The number of carbonyl (C=O) groups is 1. The quantitative estimate of drug-likeness (QED) is 0.729. The van der Waals surface area contributed by atoms with Gasteiger partial charge >= 0.3 is 0 Å². The lowest BCUT2D eigenvalue weighted by Gasteiger charge is -2.09. The summed E-state index contributed by atoms with van der Waals surface area (Å²) in [6, 6.07) is 6.06. The van der Waals surface area contributed by atoms with Gasteiger partial charge in [-0.15, -0.1) is 0 Å². The van der Waals surface area contributed by atoms with Crippen LogP contribution in [0.1, 0.15) is 19.3 Å². The number of anilines is 2. The van der Waals surface area contributed by atoms with Crippen molar-refractivity contribution in [2.75, 3.05) is 17.6 Å². The summed E-state index contributed by atoms with van der Waals surface area (Å²) in [5.74, 6) is 0.105. The van der Waals surface area contributed by atoms with E-state index in [-0.39, 0.29) is 5.91 Å². The molecule has 5 heteroatoms. The molecule has 92 valence electrons. The van der Waals surface area contributed by atoms with E-state index in [1.165, 1.54) is 0 Å². The number of halogens is 1. The number of benzene rings is 1. The molecule has 0 aliphatic heterocycles. The zero-order valence-electron chi connectivity index (χ0n) is 9.50. The molecule has 4 N–H and O–H groups in total. The van der Waals surface area contributed by atoms with Gasteiger partial charge in [-0.25, -0.2) is 0 Å². The minimum atomic E-state index is 0.105. The molecule has 0 atom stereocenters. The van der Waals surface area contributed by atoms with Crippen molar-refractivity contribution in [1.82, 2.24) is 5.32 Å². The van der Waals surface area contributed by atoms with Crippen LogP contribution >= 0.6 is 15.9 Å². The third kappa shape index (κ3) is 3.93. The average molecular weight is 298 g/mol. The van der Waals surface area contributed by atoms with E-state index in [0.29, 0.717) is 24.7 Å². The van der Waals surface area contributed by atoms with E-state index >= 15 is 0 Å². The molecule has 1 saturated carbocycles. The Morgan fingerprint density at radius 3 is 2.94 bits per heavy atom. The number of nitrogens with one attached hydrogen (secondary N) is 2. The van der Waals surface area contributed by atoms with Gasteiger partial charge in [-0.2, -0.15) is 0 Å². The second-order valence-electron chi connectivity index (χ2n) is 4.25. The van der Waals surface area contributed by atoms with Crippen molar-refractivity contribution in [2.45, 2.75) is 25.3 Å². The maximum absolute atomic E-state index is 11.4. The van der Waals surface area contributed by atoms with E-state index in [9.17, 15) is 4.79 Å². The maximum Gasteiger partial charge on any atom is 0.221 e. The minimum Gasteiger partial charge on any atom is -0.397 e. The number of carbonyl (C=O) groups excluding carboxylic acids is 1. The van der Waals surface area contributed by atoms with Gasteiger partial charge in [0.1, 0.15) is 0 Å². The summed E-state index contributed by atoms with van der Waals surface area (Å²) in [6.45, 7) is 0.596. The van der Waals surface area contributed by atoms with Crippen LogP contribution in [0.4, 0.5) is 11.4 Å². The van der Waals surface area contributed by atoms with Crippen molar-refractivity contribution in [3.8, 4) is 0 Å². The lowest BCUT2D eigenvalue weighted by atomic mass is 10.2. The van der Waals surface area contributed by atoms with Crippen molar-refractivity contribution in [2.24, 2.45) is 0 Å². The zero-order chi connectivity index (χ0) is 12.3. The van der Waals surface area contributed by atoms with Gasteiger partial charge in [0.25, 0.3) is 0 Å². The third-order valence-corrected chi connectivity index (χ3v) is 3.12. The molecule has 0 unspecified atom stereocenters. The number of rotatable bonds is 5. The summed E-state index contributed by atoms with van der Waals surface area (Å²) in [4.78, 5) is 11.4. The standard InChI is InChI=1S/C12H16BrN3O/c13-8-1-4-10(14)11(7-8)15-6-5-12(17)16-9-2-3-9/h1,4,7,9,15H,2-3,5-6,14H2,(H,16,17). The predicted octanol–water partition coefficient (Wildman–Crippen LogP) is 2.11. The lowest BCUT2D eigenvalue weighted by Crippen LogP contribution is -2.27. The average Bonchev–Trinajstić information content (AvgIpc) is 3.07. The zero-order valence-corrected chi connectivity index (χ0v) is 11.1. The Balaban J connectivity index is 1.76. The monoisotopic (exact) mass is 297 g/mol. The molecule has 2 rings (SSSR count). The summed E-state index contributed by atoms with van der Waals surface area (Å²) in [5, 5.41) is 6.11.